The number of nitrogens with zero attached hydrogens (tertiary/aromatic N) is 4. The van der Waals surface area contributed by atoms with Crippen LogP contribution in [-0.4, -0.2) is 68.5 Å². The molecule has 31 heavy (non-hydrogen) atoms. The van der Waals surface area contributed by atoms with Crippen molar-refractivity contribution in [3.63, 3.8) is 0 Å². The zero-order chi connectivity index (χ0) is 21.2. The van der Waals surface area contributed by atoms with Gasteiger partial charge in [0.15, 0.2) is 0 Å². The summed E-state index contributed by atoms with van der Waals surface area (Å²) in [6, 6.07) is 13.1. The first kappa shape index (κ1) is 20.3. The van der Waals surface area contributed by atoms with Gasteiger partial charge in [-0.3, -0.25) is 4.90 Å². The number of hydrogen-bond acceptors (Lipinski definition) is 7. The summed E-state index contributed by atoms with van der Waals surface area (Å²) in [4.78, 5) is 9.34. The Bertz CT molecular complexity index is 957. The number of pyridine rings is 1. The molecule has 0 unspecified atom stereocenters. The zero-order valence-electron chi connectivity index (χ0n) is 18.0. The van der Waals surface area contributed by atoms with E-state index in [1.54, 1.807) is 25.4 Å². The van der Waals surface area contributed by atoms with Crippen molar-refractivity contribution in [1.29, 1.82) is 5.26 Å². The molecule has 3 aliphatic rings. The van der Waals surface area contributed by atoms with Gasteiger partial charge in [-0.2, -0.15) is 5.26 Å². The molecule has 2 aromatic rings. The number of ether oxygens (including phenoxy) is 2. The fraction of sp³-hybridized carbons (Fsp3) is 0.500. The van der Waals surface area contributed by atoms with Crippen molar-refractivity contribution in [2.24, 2.45) is 0 Å². The number of hydrogen-bond donors (Lipinski definition) is 1. The number of benzene rings is 1. The number of aromatic nitrogens is 1. The second-order valence-electron chi connectivity index (χ2n) is 8.74. The Morgan fingerprint density at radius 1 is 1.16 bits per heavy atom. The van der Waals surface area contributed by atoms with E-state index in [0.29, 0.717) is 29.4 Å². The Hall–Kier alpha value is -2.66. The van der Waals surface area contributed by atoms with Gasteiger partial charge in [0, 0.05) is 37.8 Å². The maximum Gasteiger partial charge on any atom is 0.131 e. The maximum absolute atomic E-state index is 9.19. The lowest BCUT2D eigenvalue weighted by molar-refractivity contribution is -0.0712. The molecule has 3 saturated heterocycles. The van der Waals surface area contributed by atoms with Crippen LogP contribution in [0.5, 0.6) is 0 Å². The largest absolute Gasteiger partial charge is 0.378 e. The summed E-state index contributed by atoms with van der Waals surface area (Å²) < 4.78 is 10.8. The number of piperidine rings is 1. The second-order valence-corrected chi connectivity index (χ2v) is 8.74. The standard InChI is InChI=1S/C24H29N5O2/c1-30-23-13-29(14-23)21-10-19(18-3-6-28(7-4-18)22-15-31-16-22)9-20(11-21)27-24-8-17(12-25)2-5-26-24/h2,5,8-11,18,22-23H,3-4,6-7,13-16H2,1H3,(H,26,27). The summed E-state index contributed by atoms with van der Waals surface area (Å²) in [7, 11) is 1.78. The van der Waals surface area contributed by atoms with Crippen LogP contribution in [0.4, 0.5) is 17.2 Å². The third-order valence-corrected chi connectivity index (χ3v) is 6.79. The van der Waals surface area contributed by atoms with Crippen molar-refractivity contribution in [2.75, 3.05) is 56.7 Å². The molecule has 7 heteroatoms. The van der Waals surface area contributed by atoms with Crippen molar-refractivity contribution in [1.82, 2.24) is 9.88 Å². The van der Waals surface area contributed by atoms with Gasteiger partial charge in [-0.15, -0.1) is 0 Å². The van der Waals surface area contributed by atoms with E-state index in [4.69, 9.17) is 9.47 Å². The molecule has 3 aliphatic heterocycles. The fourth-order valence-corrected chi connectivity index (χ4v) is 4.67. The van der Waals surface area contributed by atoms with E-state index >= 15 is 0 Å². The highest BCUT2D eigenvalue weighted by Crippen LogP contribution is 2.36. The van der Waals surface area contributed by atoms with Crippen molar-refractivity contribution >= 4 is 17.2 Å². The molecule has 0 spiro atoms. The van der Waals surface area contributed by atoms with E-state index in [9.17, 15) is 5.26 Å². The summed E-state index contributed by atoms with van der Waals surface area (Å²) >= 11 is 0. The van der Waals surface area contributed by atoms with Gasteiger partial charge in [0.2, 0.25) is 0 Å². The molecule has 1 aromatic heterocycles. The maximum atomic E-state index is 9.19. The summed E-state index contributed by atoms with van der Waals surface area (Å²) in [6.45, 7) is 5.88. The molecular weight excluding hydrogens is 390 g/mol. The highest BCUT2D eigenvalue weighted by molar-refractivity contribution is 5.67. The van der Waals surface area contributed by atoms with Crippen LogP contribution in [0.3, 0.4) is 0 Å². The smallest absolute Gasteiger partial charge is 0.131 e. The number of rotatable bonds is 6. The van der Waals surface area contributed by atoms with Gasteiger partial charge < -0.3 is 19.7 Å². The predicted octanol–water partition coefficient (Wildman–Crippen LogP) is 3.11. The van der Waals surface area contributed by atoms with Crippen molar-refractivity contribution in [3.8, 4) is 6.07 Å². The summed E-state index contributed by atoms with van der Waals surface area (Å²) in [5, 5.41) is 12.6. The summed E-state index contributed by atoms with van der Waals surface area (Å²) in [6.07, 6.45) is 4.32. The van der Waals surface area contributed by atoms with Gasteiger partial charge in [-0.05, 0) is 67.7 Å². The molecule has 1 N–H and O–H groups in total. The van der Waals surface area contributed by atoms with Crippen molar-refractivity contribution in [3.05, 3.63) is 47.7 Å². The summed E-state index contributed by atoms with van der Waals surface area (Å²) in [5.41, 5.74) is 4.22. The third kappa shape index (κ3) is 4.38. The van der Waals surface area contributed by atoms with Crippen LogP contribution in [0.1, 0.15) is 29.9 Å². The molecule has 0 saturated carbocycles. The first-order valence-electron chi connectivity index (χ1n) is 11.1. The first-order valence-corrected chi connectivity index (χ1v) is 11.1. The molecular formula is C24H29N5O2. The highest BCUT2D eigenvalue weighted by Gasteiger charge is 2.31. The van der Waals surface area contributed by atoms with Gasteiger partial charge in [0.05, 0.1) is 37.0 Å². The molecule has 3 fully saturated rings. The number of likely N-dealkylation sites (tertiary alicyclic amines) is 1. The van der Waals surface area contributed by atoms with Crippen LogP contribution in [0.15, 0.2) is 36.5 Å². The average molecular weight is 420 g/mol. The summed E-state index contributed by atoms with van der Waals surface area (Å²) in [5.74, 6) is 1.25. The van der Waals surface area contributed by atoms with Gasteiger partial charge in [0.1, 0.15) is 5.82 Å². The van der Waals surface area contributed by atoms with E-state index in [1.165, 1.54) is 24.1 Å². The van der Waals surface area contributed by atoms with Gasteiger partial charge >= 0.3 is 0 Å². The Labute approximate surface area is 183 Å². The Kier molecular flexibility index (Phi) is 5.77. The van der Waals surface area contributed by atoms with Gasteiger partial charge in [-0.25, -0.2) is 4.98 Å². The molecule has 162 valence electrons. The van der Waals surface area contributed by atoms with Crippen LogP contribution in [0.25, 0.3) is 0 Å². The van der Waals surface area contributed by atoms with E-state index in [0.717, 1.165) is 45.1 Å². The zero-order valence-corrected chi connectivity index (χ0v) is 18.0. The SMILES string of the molecule is COC1CN(c2cc(Nc3cc(C#N)ccn3)cc(C3CCN(C4COC4)CC3)c2)C1. The van der Waals surface area contributed by atoms with Crippen LogP contribution < -0.4 is 10.2 Å². The van der Waals surface area contributed by atoms with E-state index in [1.807, 2.05) is 0 Å². The molecule has 0 bridgehead atoms. The molecule has 4 heterocycles. The Morgan fingerprint density at radius 2 is 1.97 bits per heavy atom. The molecule has 0 aliphatic carbocycles. The number of anilines is 3. The average Bonchev–Trinajstić information content (AvgIpc) is 2.72. The van der Waals surface area contributed by atoms with Crippen molar-refractivity contribution < 1.29 is 9.47 Å². The van der Waals surface area contributed by atoms with Crippen LogP contribution in [-0.2, 0) is 9.47 Å². The lowest BCUT2D eigenvalue weighted by Crippen LogP contribution is -2.52. The van der Waals surface area contributed by atoms with Gasteiger partial charge in [-0.1, -0.05) is 0 Å². The minimum Gasteiger partial charge on any atom is -0.378 e. The lowest BCUT2D eigenvalue weighted by Gasteiger charge is -2.42. The third-order valence-electron chi connectivity index (χ3n) is 6.79. The molecule has 7 nitrogen and oxygen atoms in total. The predicted molar refractivity (Wildman–Crippen MR) is 120 cm³/mol. The van der Waals surface area contributed by atoms with Crippen LogP contribution >= 0.6 is 0 Å². The number of methoxy groups -OCH3 is 1. The molecule has 1 aromatic carbocycles. The van der Waals surface area contributed by atoms with Crippen LogP contribution in [0, 0.1) is 11.3 Å². The quantitative estimate of drug-likeness (QED) is 0.771. The van der Waals surface area contributed by atoms with E-state index in [2.05, 4.69) is 44.4 Å². The fourth-order valence-electron chi connectivity index (χ4n) is 4.67. The topological polar surface area (TPSA) is 73.7 Å². The van der Waals surface area contributed by atoms with E-state index in [-0.39, 0.29) is 0 Å². The first-order chi connectivity index (χ1) is 15.2. The van der Waals surface area contributed by atoms with Crippen LogP contribution in [0.2, 0.25) is 0 Å². The number of nitrogens with one attached hydrogen (secondary N) is 1. The molecule has 0 atom stereocenters. The monoisotopic (exact) mass is 419 g/mol. The molecule has 5 rings (SSSR count). The van der Waals surface area contributed by atoms with Crippen molar-refractivity contribution in [2.45, 2.75) is 30.9 Å². The Morgan fingerprint density at radius 3 is 2.65 bits per heavy atom. The lowest BCUT2D eigenvalue weighted by atomic mass is 9.87. The molecule has 0 radical (unpaired) electrons. The highest BCUT2D eigenvalue weighted by atomic mass is 16.5. The normalized spacial score (nSPS) is 20.7. The minimum absolute atomic E-state index is 0.307. The minimum atomic E-state index is 0.307. The van der Waals surface area contributed by atoms with Gasteiger partial charge in [0.25, 0.3) is 0 Å². The second kappa shape index (κ2) is 8.83. The molecule has 0 amide bonds. The van der Waals surface area contributed by atoms with E-state index < -0.39 is 0 Å². The number of nitriles is 1. The Balaban J connectivity index is 1.36.